The molecule has 1 aliphatic carbocycles. The summed E-state index contributed by atoms with van der Waals surface area (Å²) in [5.74, 6) is -0.650. The highest BCUT2D eigenvalue weighted by atomic mass is 35.5. The Kier molecular flexibility index (Phi) is 5.44. The number of rotatable bonds is 4. The van der Waals surface area contributed by atoms with Crippen molar-refractivity contribution in [1.29, 1.82) is 0 Å². The Morgan fingerprint density at radius 2 is 2.12 bits per heavy atom. The first-order chi connectivity index (χ1) is 12.3. The summed E-state index contributed by atoms with van der Waals surface area (Å²) in [7, 11) is 0. The van der Waals surface area contributed by atoms with Crippen LogP contribution < -0.4 is 10.6 Å². The molecule has 0 bridgehead atoms. The van der Waals surface area contributed by atoms with E-state index in [2.05, 4.69) is 10.6 Å². The fourth-order valence-electron chi connectivity index (χ4n) is 3.70. The van der Waals surface area contributed by atoms with Crippen molar-refractivity contribution >= 4 is 41.0 Å². The van der Waals surface area contributed by atoms with Crippen molar-refractivity contribution in [3.05, 3.63) is 33.8 Å². The molecule has 4 amide bonds. The molecule has 8 heteroatoms. The zero-order valence-electron chi connectivity index (χ0n) is 14.5. The van der Waals surface area contributed by atoms with Crippen LogP contribution in [-0.2, 0) is 16.1 Å². The molecule has 0 radical (unpaired) electrons. The largest absolute Gasteiger partial charge is 0.350 e. The van der Waals surface area contributed by atoms with Gasteiger partial charge in [0.2, 0.25) is 5.91 Å². The Morgan fingerprint density at radius 1 is 1.35 bits per heavy atom. The second-order valence-corrected chi connectivity index (χ2v) is 7.80. The van der Waals surface area contributed by atoms with Crippen LogP contribution in [0.1, 0.15) is 38.2 Å². The fraction of sp³-hybridized carbons (Fsp3) is 0.500. The van der Waals surface area contributed by atoms with Gasteiger partial charge in [-0.05, 0) is 36.5 Å². The van der Waals surface area contributed by atoms with Crippen LogP contribution in [0.5, 0.6) is 0 Å². The van der Waals surface area contributed by atoms with Crippen molar-refractivity contribution in [2.45, 2.75) is 44.7 Å². The molecule has 1 saturated heterocycles. The standard InChI is InChI=1S/C18H21Cl2N3O3/c1-11-4-2-3-7-18(11)16(25)23(17(26)22-18)10-15(24)21-9-12-5-6-13(19)8-14(12)20/h5-6,8,11H,2-4,7,9-10H2,1H3,(H,21,24)(H,22,26)/t11-,18+/m0/s1. The van der Waals surface area contributed by atoms with Crippen molar-refractivity contribution in [2.24, 2.45) is 5.92 Å². The normalized spacial score (nSPS) is 25.5. The monoisotopic (exact) mass is 397 g/mol. The number of carbonyl (C=O) groups excluding carboxylic acids is 3. The van der Waals surface area contributed by atoms with E-state index in [-0.39, 0.29) is 24.9 Å². The van der Waals surface area contributed by atoms with E-state index in [0.29, 0.717) is 22.0 Å². The molecule has 1 aromatic carbocycles. The number of benzene rings is 1. The first-order valence-corrected chi connectivity index (χ1v) is 9.44. The van der Waals surface area contributed by atoms with Crippen LogP contribution >= 0.6 is 23.2 Å². The lowest BCUT2D eigenvalue weighted by Crippen LogP contribution is -2.54. The van der Waals surface area contributed by atoms with Crippen molar-refractivity contribution < 1.29 is 14.4 Å². The molecule has 0 unspecified atom stereocenters. The zero-order valence-corrected chi connectivity index (χ0v) is 16.0. The highest BCUT2D eigenvalue weighted by Crippen LogP contribution is 2.38. The maximum absolute atomic E-state index is 12.8. The highest BCUT2D eigenvalue weighted by molar-refractivity contribution is 6.35. The van der Waals surface area contributed by atoms with Gasteiger partial charge in [-0.2, -0.15) is 0 Å². The average molecular weight is 398 g/mol. The fourth-order valence-corrected chi connectivity index (χ4v) is 4.17. The number of nitrogens with zero attached hydrogens (tertiary/aromatic N) is 1. The van der Waals surface area contributed by atoms with Gasteiger partial charge < -0.3 is 10.6 Å². The SMILES string of the molecule is C[C@H]1CCCC[C@@]12NC(=O)N(CC(=O)NCc1ccc(Cl)cc1Cl)C2=O. The van der Waals surface area contributed by atoms with Gasteiger partial charge in [0.05, 0.1) is 0 Å². The second kappa shape index (κ2) is 7.45. The molecule has 6 nitrogen and oxygen atoms in total. The van der Waals surface area contributed by atoms with E-state index >= 15 is 0 Å². The van der Waals surface area contributed by atoms with Gasteiger partial charge in [0.25, 0.3) is 5.91 Å². The van der Waals surface area contributed by atoms with E-state index in [1.807, 2.05) is 6.92 Å². The number of imide groups is 1. The lowest BCUT2D eigenvalue weighted by Gasteiger charge is -2.36. The number of hydrogen-bond acceptors (Lipinski definition) is 3. The summed E-state index contributed by atoms with van der Waals surface area (Å²) in [5, 5.41) is 6.48. The van der Waals surface area contributed by atoms with Crippen LogP contribution in [0.3, 0.4) is 0 Å². The van der Waals surface area contributed by atoms with E-state index in [4.69, 9.17) is 23.2 Å². The first-order valence-electron chi connectivity index (χ1n) is 8.68. The zero-order chi connectivity index (χ0) is 18.9. The summed E-state index contributed by atoms with van der Waals surface area (Å²) in [6.45, 7) is 1.87. The Labute approximate surface area is 162 Å². The molecule has 2 fully saturated rings. The van der Waals surface area contributed by atoms with E-state index < -0.39 is 17.5 Å². The van der Waals surface area contributed by atoms with Crippen LogP contribution in [0.2, 0.25) is 10.0 Å². The molecular weight excluding hydrogens is 377 g/mol. The molecular formula is C18H21Cl2N3O3. The molecule has 3 rings (SSSR count). The maximum Gasteiger partial charge on any atom is 0.325 e. The van der Waals surface area contributed by atoms with Gasteiger partial charge in [0.1, 0.15) is 12.1 Å². The van der Waals surface area contributed by atoms with Crippen LogP contribution in [0.25, 0.3) is 0 Å². The maximum atomic E-state index is 12.8. The van der Waals surface area contributed by atoms with Crippen LogP contribution in [0, 0.1) is 5.92 Å². The number of nitrogens with one attached hydrogen (secondary N) is 2. The molecule has 1 saturated carbocycles. The van der Waals surface area contributed by atoms with E-state index in [1.165, 1.54) is 0 Å². The quantitative estimate of drug-likeness (QED) is 0.765. The third kappa shape index (κ3) is 3.53. The van der Waals surface area contributed by atoms with Gasteiger partial charge in [-0.15, -0.1) is 0 Å². The van der Waals surface area contributed by atoms with E-state index in [0.717, 1.165) is 24.2 Å². The van der Waals surface area contributed by atoms with Gasteiger partial charge in [0.15, 0.2) is 0 Å². The molecule has 0 aromatic heterocycles. The van der Waals surface area contributed by atoms with Gasteiger partial charge >= 0.3 is 6.03 Å². The molecule has 26 heavy (non-hydrogen) atoms. The van der Waals surface area contributed by atoms with Crippen LogP contribution in [0.15, 0.2) is 18.2 Å². The summed E-state index contributed by atoms with van der Waals surface area (Å²) >= 11 is 11.9. The number of carbonyl (C=O) groups is 3. The lowest BCUT2D eigenvalue weighted by molar-refractivity contribution is -0.137. The molecule has 2 N–H and O–H groups in total. The van der Waals surface area contributed by atoms with Gasteiger partial charge in [0, 0.05) is 16.6 Å². The smallest absolute Gasteiger partial charge is 0.325 e. The van der Waals surface area contributed by atoms with Gasteiger partial charge in [-0.1, -0.05) is 49.0 Å². The van der Waals surface area contributed by atoms with Crippen molar-refractivity contribution in [3.8, 4) is 0 Å². The predicted molar refractivity (Wildman–Crippen MR) is 98.9 cm³/mol. The van der Waals surface area contributed by atoms with Crippen LogP contribution in [-0.4, -0.2) is 34.8 Å². The minimum absolute atomic E-state index is 0.0636. The Morgan fingerprint density at radius 3 is 2.81 bits per heavy atom. The molecule has 1 spiro atoms. The van der Waals surface area contributed by atoms with Crippen molar-refractivity contribution in [3.63, 3.8) is 0 Å². The third-order valence-corrected chi connectivity index (χ3v) is 5.88. The highest BCUT2D eigenvalue weighted by Gasteiger charge is 2.55. The summed E-state index contributed by atoms with van der Waals surface area (Å²) in [4.78, 5) is 38.4. The average Bonchev–Trinajstić information content (AvgIpc) is 2.82. The predicted octanol–water partition coefficient (Wildman–Crippen LogP) is 3.11. The Bertz CT molecular complexity index is 755. The summed E-state index contributed by atoms with van der Waals surface area (Å²) < 4.78 is 0. The molecule has 1 aromatic rings. The summed E-state index contributed by atoms with van der Waals surface area (Å²) in [6.07, 6.45) is 3.46. The molecule has 2 aliphatic rings. The number of hydrogen-bond donors (Lipinski definition) is 2. The minimum atomic E-state index is -0.852. The number of halogens is 2. The van der Waals surface area contributed by atoms with Gasteiger partial charge in [-0.25, -0.2) is 4.79 Å². The topological polar surface area (TPSA) is 78.5 Å². The van der Waals surface area contributed by atoms with Crippen molar-refractivity contribution in [2.75, 3.05) is 6.54 Å². The number of amides is 4. The Balaban J connectivity index is 1.62. The first kappa shape index (κ1) is 19.0. The van der Waals surface area contributed by atoms with E-state index in [1.54, 1.807) is 18.2 Å². The minimum Gasteiger partial charge on any atom is -0.350 e. The number of urea groups is 1. The summed E-state index contributed by atoms with van der Waals surface area (Å²) in [6, 6.07) is 4.50. The Hall–Kier alpha value is -1.79. The molecule has 1 heterocycles. The van der Waals surface area contributed by atoms with Crippen LogP contribution in [0.4, 0.5) is 4.79 Å². The molecule has 140 valence electrons. The lowest BCUT2D eigenvalue weighted by atomic mass is 9.73. The molecule has 1 aliphatic heterocycles. The third-order valence-electron chi connectivity index (χ3n) is 5.29. The second-order valence-electron chi connectivity index (χ2n) is 6.95. The van der Waals surface area contributed by atoms with E-state index in [9.17, 15) is 14.4 Å². The van der Waals surface area contributed by atoms with Gasteiger partial charge in [-0.3, -0.25) is 14.5 Å². The molecule has 2 atom stereocenters. The summed E-state index contributed by atoms with van der Waals surface area (Å²) in [5.41, 5.74) is -0.145. The van der Waals surface area contributed by atoms with Crippen molar-refractivity contribution in [1.82, 2.24) is 15.5 Å².